The number of hydrogen-bond donors (Lipinski definition) is 1. The van der Waals surface area contributed by atoms with E-state index in [0.717, 1.165) is 29.9 Å². The summed E-state index contributed by atoms with van der Waals surface area (Å²) in [7, 11) is 0. The lowest BCUT2D eigenvalue weighted by Gasteiger charge is -2.35. The van der Waals surface area contributed by atoms with Crippen molar-refractivity contribution in [2.75, 3.05) is 18.8 Å². The molecular formula is C16H26Cl2N4S2. The van der Waals surface area contributed by atoms with Crippen molar-refractivity contribution in [2.45, 2.75) is 51.1 Å². The maximum Gasteiger partial charge on any atom is 0.168 e. The van der Waals surface area contributed by atoms with Gasteiger partial charge in [0.05, 0.1) is 5.54 Å². The number of halogens is 2. The zero-order valence-corrected chi connectivity index (χ0v) is 17.4. The van der Waals surface area contributed by atoms with E-state index < -0.39 is 0 Å². The first kappa shape index (κ1) is 20.3. The summed E-state index contributed by atoms with van der Waals surface area (Å²) in [6.07, 6.45) is 5.43. The van der Waals surface area contributed by atoms with Crippen LogP contribution in [0, 0.1) is 5.92 Å². The van der Waals surface area contributed by atoms with Crippen LogP contribution in [0.3, 0.4) is 0 Å². The lowest BCUT2D eigenvalue weighted by atomic mass is 9.84. The van der Waals surface area contributed by atoms with Crippen LogP contribution in [-0.2, 0) is 0 Å². The minimum atomic E-state index is 0. The van der Waals surface area contributed by atoms with Crippen molar-refractivity contribution < 1.29 is 0 Å². The third kappa shape index (κ3) is 4.19. The lowest BCUT2D eigenvalue weighted by molar-refractivity contribution is 0.285. The number of aliphatic imine (C=N–C) groups is 2. The molecule has 4 nitrogen and oxygen atoms in total. The largest absolute Gasteiger partial charge is 0.362 e. The number of nitrogens with one attached hydrogen (secondary N) is 1. The van der Waals surface area contributed by atoms with Gasteiger partial charge in [-0.1, -0.05) is 36.4 Å². The molecule has 0 radical (unpaired) electrons. The van der Waals surface area contributed by atoms with Crippen LogP contribution in [0.2, 0.25) is 0 Å². The van der Waals surface area contributed by atoms with Crippen LogP contribution < -0.4 is 5.32 Å². The van der Waals surface area contributed by atoms with E-state index in [0.29, 0.717) is 6.04 Å². The summed E-state index contributed by atoms with van der Waals surface area (Å²) in [5, 5.41) is 8.27. The van der Waals surface area contributed by atoms with Crippen molar-refractivity contribution >= 4 is 58.7 Å². The molecule has 0 amide bonds. The standard InChI is InChI=1S/C16H24N4S2.2ClH/c1-16(2)10-20-12(9-22-15(20)19-16)8-21-14-17-7-11-5-3-4-6-13(11)18-14;;/h9,11,13H,3-8,10H2,1-2H3,(H,17,18);2*1H. The van der Waals surface area contributed by atoms with E-state index in [1.54, 1.807) is 11.8 Å². The molecule has 3 heterocycles. The lowest BCUT2D eigenvalue weighted by Crippen LogP contribution is -2.46. The highest BCUT2D eigenvalue weighted by Crippen LogP contribution is 2.37. The quantitative estimate of drug-likeness (QED) is 0.745. The third-order valence-corrected chi connectivity index (χ3v) is 6.74. The number of thioether (sulfide) groups is 2. The van der Waals surface area contributed by atoms with Gasteiger partial charge in [0.15, 0.2) is 10.3 Å². The molecule has 1 aliphatic carbocycles. The van der Waals surface area contributed by atoms with Gasteiger partial charge in [-0.3, -0.25) is 9.98 Å². The molecule has 2 unspecified atom stereocenters. The van der Waals surface area contributed by atoms with E-state index in [1.807, 2.05) is 11.8 Å². The van der Waals surface area contributed by atoms with Crippen molar-refractivity contribution in [3.05, 3.63) is 11.1 Å². The molecule has 0 saturated heterocycles. The van der Waals surface area contributed by atoms with Gasteiger partial charge in [-0.15, -0.1) is 24.8 Å². The Bertz CT molecular complexity index is 562. The highest BCUT2D eigenvalue weighted by Gasteiger charge is 2.36. The predicted molar refractivity (Wildman–Crippen MR) is 112 cm³/mol. The Kier molecular flexibility index (Phi) is 6.85. The Morgan fingerprint density at radius 1 is 1.33 bits per heavy atom. The van der Waals surface area contributed by atoms with E-state index in [9.17, 15) is 0 Å². The molecule has 8 heteroatoms. The summed E-state index contributed by atoms with van der Waals surface area (Å²) < 4.78 is 0. The summed E-state index contributed by atoms with van der Waals surface area (Å²) in [5.74, 6) is 1.77. The van der Waals surface area contributed by atoms with Gasteiger partial charge in [-0.05, 0) is 38.0 Å². The minimum absolute atomic E-state index is 0. The van der Waals surface area contributed by atoms with E-state index in [1.165, 1.54) is 36.5 Å². The molecule has 1 saturated carbocycles. The number of nitrogens with zero attached hydrogens (tertiary/aromatic N) is 3. The van der Waals surface area contributed by atoms with Gasteiger partial charge < -0.3 is 10.2 Å². The van der Waals surface area contributed by atoms with Crippen LogP contribution >= 0.6 is 48.3 Å². The fourth-order valence-electron chi connectivity index (χ4n) is 3.67. The molecule has 3 aliphatic heterocycles. The fraction of sp³-hybridized carbons (Fsp3) is 0.750. The van der Waals surface area contributed by atoms with Crippen molar-refractivity contribution in [3.8, 4) is 0 Å². The summed E-state index contributed by atoms with van der Waals surface area (Å²) in [4.78, 5) is 11.9. The zero-order chi connectivity index (χ0) is 15.2. The second kappa shape index (κ2) is 8.11. The highest BCUT2D eigenvalue weighted by atomic mass is 35.5. The Hall–Kier alpha value is -0.0400. The SMILES string of the molecule is CC1(C)CN2C(CSC3=NCC4CCCCC4N3)=CSC2=N1.Cl.Cl. The van der Waals surface area contributed by atoms with Crippen molar-refractivity contribution in [1.29, 1.82) is 0 Å². The fourth-order valence-corrected chi connectivity index (χ4v) is 5.76. The number of fused-ring (bicyclic) bond motifs is 2. The summed E-state index contributed by atoms with van der Waals surface area (Å²) >= 11 is 3.63. The van der Waals surface area contributed by atoms with Crippen LogP contribution in [0.15, 0.2) is 21.1 Å². The first-order valence-corrected chi connectivity index (χ1v) is 10.1. The van der Waals surface area contributed by atoms with Crippen LogP contribution in [0.5, 0.6) is 0 Å². The average molecular weight is 409 g/mol. The number of amidine groups is 2. The number of rotatable bonds is 2. The molecular weight excluding hydrogens is 383 g/mol. The van der Waals surface area contributed by atoms with Gasteiger partial charge in [0, 0.05) is 30.6 Å². The molecule has 4 rings (SSSR count). The predicted octanol–water partition coefficient (Wildman–Crippen LogP) is 4.12. The van der Waals surface area contributed by atoms with Crippen LogP contribution in [0.4, 0.5) is 0 Å². The molecule has 0 aromatic rings. The second-order valence-electron chi connectivity index (χ2n) is 7.25. The summed E-state index contributed by atoms with van der Waals surface area (Å²) in [6.45, 7) is 6.45. The molecule has 0 bridgehead atoms. The van der Waals surface area contributed by atoms with Gasteiger partial charge in [-0.25, -0.2) is 0 Å². The van der Waals surface area contributed by atoms with E-state index in [4.69, 9.17) is 9.98 Å². The van der Waals surface area contributed by atoms with E-state index in [2.05, 4.69) is 29.5 Å². The van der Waals surface area contributed by atoms with Gasteiger partial charge in [0.1, 0.15) is 0 Å². The van der Waals surface area contributed by atoms with Gasteiger partial charge in [0.2, 0.25) is 0 Å². The average Bonchev–Trinajstić information content (AvgIpc) is 3.00. The van der Waals surface area contributed by atoms with Crippen molar-refractivity contribution in [3.63, 3.8) is 0 Å². The normalized spacial score (nSPS) is 29.9. The molecule has 1 fully saturated rings. The third-order valence-electron chi connectivity index (χ3n) is 4.87. The minimum Gasteiger partial charge on any atom is -0.362 e. The van der Waals surface area contributed by atoms with Crippen LogP contribution in [0.25, 0.3) is 0 Å². The van der Waals surface area contributed by atoms with Crippen molar-refractivity contribution in [1.82, 2.24) is 10.2 Å². The van der Waals surface area contributed by atoms with Gasteiger partial charge >= 0.3 is 0 Å². The Morgan fingerprint density at radius 2 is 2.12 bits per heavy atom. The molecule has 136 valence electrons. The number of hydrogen-bond acceptors (Lipinski definition) is 6. The first-order chi connectivity index (χ1) is 10.6. The zero-order valence-electron chi connectivity index (χ0n) is 14.2. The molecule has 0 aromatic carbocycles. The monoisotopic (exact) mass is 408 g/mol. The van der Waals surface area contributed by atoms with Crippen molar-refractivity contribution in [2.24, 2.45) is 15.9 Å². The maximum absolute atomic E-state index is 4.78. The molecule has 0 aromatic heterocycles. The van der Waals surface area contributed by atoms with Crippen LogP contribution in [0.1, 0.15) is 39.5 Å². The second-order valence-corrected chi connectivity index (χ2v) is 9.05. The van der Waals surface area contributed by atoms with Gasteiger partial charge in [-0.2, -0.15) is 0 Å². The molecule has 1 N–H and O–H groups in total. The van der Waals surface area contributed by atoms with E-state index >= 15 is 0 Å². The van der Waals surface area contributed by atoms with E-state index in [-0.39, 0.29) is 30.4 Å². The molecule has 4 aliphatic rings. The van der Waals surface area contributed by atoms with Gasteiger partial charge in [0.25, 0.3) is 0 Å². The maximum atomic E-state index is 4.78. The Morgan fingerprint density at radius 3 is 2.96 bits per heavy atom. The topological polar surface area (TPSA) is 40.0 Å². The molecule has 24 heavy (non-hydrogen) atoms. The smallest absolute Gasteiger partial charge is 0.168 e. The summed E-state index contributed by atoms with van der Waals surface area (Å²) in [6, 6.07) is 0.670. The van der Waals surface area contributed by atoms with Crippen LogP contribution in [-0.4, -0.2) is 45.7 Å². The molecule has 2 atom stereocenters. The molecule has 0 spiro atoms. The Labute approximate surface area is 165 Å². The highest BCUT2D eigenvalue weighted by molar-refractivity contribution is 8.17. The Balaban J connectivity index is 0.00000104. The summed E-state index contributed by atoms with van der Waals surface area (Å²) in [5.41, 5.74) is 1.44. The first-order valence-electron chi connectivity index (χ1n) is 8.28.